The Morgan fingerprint density at radius 3 is 2.65 bits per heavy atom. The lowest BCUT2D eigenvalue weighted by Gasteiger charge is -2.35. The van der Waals surface area contributed by atoms with E-state index in [2.05, 4.69) is 18.7 Å². The molecule has 17 heavy (non-hydrogen) atoms. The van der Waals surface area contributed by atoms with E-state index in [1.165, 1.54) is 13.5 Å². The van der Waals surface area contributed by atoms with Crippen LogP contribution in [0.3, 0.4) is 0 Å². The fourth-order valence-corrected chi connectivity index (χ4v) is 2.18. The van der Waals surface area contributed by atoms with E-state index in [0.717, 1.165) is 32.4 Å². The van der Waals surface area contributed by atoms with Crippen LogP contribution in [0.5, 0.6) is 0 Å². The zero-order chi connectivity index (χ0) is 12.9. The number of methoxy groups -OCH3 is 2. The molecule has 1 saturated heterocycles. The fraction of sp³-hybridized carbons (Fsp3) is 0.923. The van der Waals surface area contributed by atoms with Gasteiger partial charge in [0.1, 0.15) is 6.04 Å². The first-order valence-electron chi connectivity index (χ1n) is 6.37. The Bertz CT molecular complexity index is 253. The molecule has 0 aromatic heterocycles. The van der Waals surface area contributed by atoms with Crippen LogP contribution in [-0.2, 0) is 14.3 Å². The maximum atomic E-state index is 11.7. The van der Waals surface area contributed by atoms with Crippen LogP contribution in [0.4, 0.5) is 0 Å². The molecular formula is C13H25NO3. The fourth-order valence-electron chi connectivity index (χ4n) is 2.18. The molecule has 1 aliphatic rings. The minimum absolute atomic E-state index is 0.0543. The van der Waals surface area contributed by atoms with E-state index < -0.39 is 0 Å². The van der Waals surface area contributed by atoms with Crippen molar-refractivity contribution in [2.24, 2.45) is 0 Å². The second-order valence-electron chi connectivity index (χ2n) is 5.28. The number of carbonyl (C=O) groups is 1. The highest BCUT2D eigenvalue weighted by molar-refractivity contribution is 5.75. The first kappa shape index (κ1) is 14.5. The topological polar surface area (TPSA) is 38.8 Å². The van der Waals surface area contributed by atoms with Crippen molar-refractivity contribution >= 4 is 5.97 Å². The van der Waals surface area contributed by atoms with Crippen LogP contribution in [0.25, 0.3) is 0 Å². The molecule has 0 aromatic carbocycles. The van der Waals surface area contributed by atoms with Gasteiger partial charge in [0.2, 0.25) is 0 Å². The van der Waals surface area contributed by atoms with E-state index in [1.807, 2.05) is 0 Å². The van der Waals surface area contributed by atoms with Crippen molar-refractivity contribution in [1.29, 1.82) is 0 Å². The van der Waals surface area contributed by atoms with Gasteiger partial charge in [-0.3, -0.25) is 9.69 Å². The first-order valence-corrected chi connectivity index (χ1v) is 6.37. The van der Waals surface area contributed by atoms with Crippen molar-refractivity contribution in [1.82, 2.24) is 4.90 Å². The minimum Gasteiger partial charge on any atom is -0.468 e. The lowest BCUT2D eigenvalue weighted by atomic mass is 9.99. The SMILES string of the molecule is COC(=O)[C@H]1CCCCN1CCC(C)(C)OC. The number of hydrogen-bond acceptors (Lipinski definition) is 4. The van der Waals surface area contributed by atoms with Crippen molar-refractivity contribution in [3.63, 3.8) is 0 Å². The number of hydrogen-bond donors (Lipinski definition) is 0. The molecule has 0 aromatic rings. The molecule has 1 fully saturated rings. The third-order valence-electron chi connectivity index (χ3n) is 3.64. The number of rotatable bonds is 5. The normalized spacial score (nSPS) is 22.5. The minimum atomic E-state index is -0.127. The summed E-state index contributed by atoms with van der Waals surface area (Å²) in [4.78, 5) is 13.9. The second-order valence-corrected chi connectivity index (χ2v) is 5.28. The number of likely N-dealkylation sites (tertiary alicyclic amines) is 1. The van der Waals surface area contributed by atoms with Gasteiger partial charge in [0.05, 0.1) is 12.7 Å². The highest BCUT2D eigenvalue weighted by Gasteiger charge is 2.30. The Hall–Kier alpha value is -0.610. The number of nitrogens with zero attached hydrogens (tertiary/aromatic N) is 1. The number of esters is 1. The molecule has 1 aliphatic heterocycles. The summed E-state index contributed by atoms with van der Waals surface area (Å²) in [5.74, 6) is -0.0973. The smallest absolute Gasteiger partial charge is 0.323 e. The summed E-state index contributed by atoms with van der Waals surface area (Å²) in [5, 5.41) is 0. The monoisotopic (exact) mass is 243 g/mol. The largest absolute Gasteiger partial charge is 0.468 e. The zero-order valence-electron chi connectivity index (χ0n) is 11.5. The second kappa shape index (κ2) is 6.36. The molecule has 0 spiro atoms. The van der Waals surface area contributed by atoms with Crippen LogP contribution in [0.2, 0.25) is 0 Å². The predicted octanol–water partition coefficient (Wildman–Crippen LogP) is 1.83. The van der Waals surface area contributed by atoms with Crippen LogP contribution in [-0.4, -0.2) is 49.8 Å². The van der Waals surface area contributed by atoms with Gasteiger partial charge >= 0.3 is 5.97 Å². The molecule has 0 N–H and O–H groups in total. The van der Waals surface area contributed by atoms with E-state index in [1.54, 1.807) is 7.11 Å². The standard InChI is InChI=1S/C13H25NO3/c1-13(2,17-4)8-10-14-9-6-5-7-11(14)12(15)16-3/h11H,5-10H2,1-4H3/t11-/m1/s1. The lowest BCUT2D eigenvalue weighted by molar-refractivity contribution is -0.148. The molecular weight excluding hydrogens is 218 g/mol. The molecule has 0 aliphatic carbocycles. The third-order valence-corrected chi connectivity index (χ3v) is 3.64. The van der Waals surface area contributed by atoms with Gasteiger partial charge in [-0.05, 0) is 39.7 Å². The predicted molar refractivity (Wildman–Crippen MR) is 66.9 cm³/mol. The molecule has 0 amide bonds. The summed E-state index contributed by atoms with van der Waals surface area (Å²) in [7, 11) is 3.20. The van der Waals surface area contributed by atoms with E-state index >= 15 is 0 Å². The van der Waals surface area contributed by atoms with Gasteiger partial charge in [-0.25, -0.2) is 0 Å². The molecule has 4 nitrogen and oxygen atoms in total. The van der Waals surface area contributed by atoms with Crippen LogP contribution >= 0.6 is 0 Å². The van der Waals surface area contributed by atoms with Gasteiger partial charge in [0.25, 0.3) is 0 Å². The van der Waals surface area contributed by atoms with Crippen LogP contribution in [0.1, 0.15) is 39.5 Å². The number of carbonyl (C=O) groups excluding carboxylic acids is 1. The Balaban J connectivity index is 2.51. The van der Waals surface area contributed by atoms with Crippen LogP contribution in [0, 0.1) is 0 Å². The Morgan fingerprint density at radius 1 is 1.35 bits per heavy atom. The van der Waals surface area contributed by atoms with Gasteiger partial charge < -0.3 is 9.47 Å². The van der Waals surface area contributed by atoms with Crippen LogP contribution < -0.4 is 0 Å². The highest BCUT2D eigenvalue weighted by atomic mass is 16.5. The van der Waals surface area contributed by atoms with E-state index in [-0.39, 0.29) is 17.6 Å². The quantitative estimate of drug-likeness (QED) is 0.691. The summed E-state index contributed by atoms with van der Waals surface area (Å²) >= 11 is 0. The average molecular weight is 243 g/mol. The lowest BCUT2D eigenvalue weighted by Crippen LogP contribution is -2.47. The molecule has 0 radical (unpaired) electrons. The van der Waals surface area contributed by atoms with Crippen LogP contribution in [0.15, 0.2) is 0 Å². The number of ether oxygens (including phenoxy) is 2. The Kier molecular flexibility index (Phi) is 5.40. The molecule has 1 rings (SSSR count). The molecule has 1 heterocycles. The molecule has 1 atom stereocenters. The molecule has 0 bridgehead atoms. The Morgan fingerprint density at radius 2 is 2.06 bits per heavy atom. The zero-order valence-corrected chi connectivity index (χ0v) is 11.5. The van der Waals surface area contributed by atoms with Gasteiger partial charge in [-0.15, -0.1) is 0 Å². The van der Waals surface area contributed by atoms with Crippen molar-refractivity contribution < 1.29 is 14.3 Å². The third kappa shape index (κ3) is 4.28. The molecule has 4 heteroatoms. The Labute approximate surface area is 104 Å². The van der Waals surface area contributed by atoms with Gasteiger partial charge in [-0.2, -0.15) is 0 Å². The highest BCUT2D eigenvalue weighted by Crippen LogP contribution is 2.21. The van der Waals surface area contributed by atoms with Gasteiger partial charge in [0.15, 0.2) is 0 Å². The van der Waals surface area contributed by atoms with Crippen molar-refractivity contribution in [2.45, 2.75) is 51.2 Å². The van der Waals surface area contributed by atoms with E-state index in [9.17, 15) is 4.79 Å². The van der Waals surface area contributed by atoms with Crippen molar-refractivity contribution in [3.05, 3.63) is 0 Å². The summed E-state index contributed by atoms with van der Waals surface area (Å²) in [5.41, 5.74) is -0.127. The summed E-state index contributed by atoms with van der Waals surface area (Å²) in [6.45, 7) is 6.02. The van der Waals surface area contributed by atoms with E-state index in [0.29, 0.717) is 0 Å². The summed E-state index contributed by atoms with van der Waals surface area (Å²) < 4.78 is 10.3. The molecule has 0 saturated carbocycles. The van der Waals surface area contributed by atoms with Gasteiger partial charge in [-0.1, -0.05) is 6.42 Å². The summed E-state index contributed by atoms with van der Waals surface area (Å²) in [6, 6.07) is -0.0543. The first-order chi connectivity index (χ1) is 8.00. The summed E-state index contributed by atoms with van der Waals surface area (Å²) in [6.07, 6.45) is 4.13. The van der Waals surface area contributed by atoms with Gasteiger partial charge in [0, 0.05) is 13.7 Å². The molecule has 100 valence electrons. The number of piperidine rings is 1. The maximum absolute atomic E-state index is 11.7. The van der Waals surface area contributed by atoms with Crippen molar-refractivity contribution in [2.75, 3.05) is 27.3 Å². The maximum Gasteiger partial charge on any atom is 0.323 e. The average Bonchev–Trinajstić information content (AvgIpc) is 2.36. The molecule has 0 unspecified atom stereocenters. The van der Waals surface area contributed by atoms with Crippen molar-refractivity contribution in [3.8, 4) is 0 Å². The van der Waals surface area contributed by atoms with E-state index in [4.69, 9.17) is 9.47 Å².